The molecule has 2 heterocycles. The monoisotopic (exact) mass is 543 g/mol. The van der Waals surface area contributed by atoms with E-state index in [2.05, 4.69) is 4.98 Å². The van der Waals surface area contributed by atoms with Crippen LogP contribution in [0.25, 0.3) is 0 Å². The summed E-state index contributed by atoms with van der Waals surface area (Å²) in [6, 6.07) is 24.2. The number of H-pyrrole nitrogens is 1. The van der Waals surface area contributed by atoms with E-state index in [4.69, 9.17) is 19.9 Å². The number of nitrogens with one attached hydrogen (secondary N) is 1. The van der Waals surface area contributed by atoms with E-state index in [-0.39, 0.29) is 6.42 Å². The zero-order chi connectivity index (χ0) is 28.4. The number of hydrogen-bond acceptors (Lipinski definition) is 7. The first-order valence-electron chi connectivity index (χ1n) is 13.0. The van der Waals surface area contributed by atoms with Crippen molar-refractivity contribution >= 4 is 0 Å². The van der Waals surface area contributed by atoms with Crippen molar-refractivity contribution in [1.29, 1.82) is 0 Å². The van der Waals surface area contributed by atoms with Crippen molar-refractivity contribution < 1.29 is 19.3 Å². The van der Waals surface area contributed by atoms with Gasteiger partial charge in [-0.3, -0.25) is 14.3 Å². The summed E-state index contributed by atoms with van der Waals surface area (Å²) >= 11 is 0. The number of aromatic nitrogens is 2. The summed E-state index contributed by atoms with van der Waals surface area (Å²) in [6.45, 7) is 1.61. The topological polar surface area (TPSA) is 129 Å². The minimum Gasteiger partial charge on any atom is -0.497 e. The molecule has 1 unspecified atom stereocenters. The van der Waals surface area contributed by atoms with E-state index in [0.717, 1.165) is 16.7 Å². The predicted octanol–water partition coefficient (Wildman–Crippen LogP) is 2.87. The molecule has 1 aliphatic heterocycles. The number of aryl methyl sites for hydroxylation is 1. The highest BCUT2D eigenvalue weighted by Gasteiger charge is 2.51. The fraction of sp³-hybridized carbons (Fsp3) is 0.290. The summed E-state index contributed by atoms with van der Waals surface area (Å²) in [5, 5.41) is 12.5. The Hall–Kier alpha value is -4.18. The average molecular weight is 544 g/mol. The second-order valence-corrected chi connectivity index (χ2v) is 10.0. The molecule has 4 atom stereocenters. The van der Waals surface area contributed by atoms with Crippen LogP contribution in [-0.2, 0) is 10.2 Å². The van der Waals surface area contributed by atoms with E-state index in [1.807, 2.05) is 78.9 Å². The van der Waals surface area contributed by atoms with Gasteiger partial charge in [0.25, 0.3) is 5.56 Å². The molecule has 40 heavy (non-hydrogen) atoms. The summed E-state index contributed by atoms with van der Waals surface area (Å²) in [5.41, 5.74) is 7.26. The molecule has 1 saturated heterocycles. The van der Waals surface area contributed by atoms with Gasteiger partial charge >= 0.3 is 5.69 Å². The average Bonchev–Trinajstić information content (AvgIpc) is 3.37. The van der Waals surface area contributed by atoms with Gasteiger partial charge in [0.15, 0.2) is 0 Å². The van der Waals surface area contributed by atoms with Gasteiger partial charge in [0.05, 0.1) is 25.7 Å². The quantitative estimate of drug-likeness (QED) is 0.292. The normalized spacial score (nSPS) is 19.8. The molecular weight excluding hydrogens is 510 g/mol. The number of aromatic amines is 1. The molecule has 0 saturated carbocycles. The predicted molar refractivity (Wildman–Crippen MR) is 151 cm³/mol. The van der Waals surface area contributed by atoms with Gasteiger partial charge < -0.3 is 25.1 Å². The summed E-state index contributed by atoms with van der Waals surface area (Å²) in [7, 11) is 3.20. The maximum absolute atomic E-state index is 12.6. The first kappa shape index (κ1) is 27.4. The van der Waals surface area contributed by atoms with Gasteiger partial charge in [0.2, 0.25) is 0 Å². The van der Waals surface area contributed by atoms with Crippen molar-refractivity contribution in [2.75, 3.05) is 14.2 Å². The third kappa shape index (κ3) is 4.72. The molecule has 9 heteroatoms. The molecule has 208 valence electrons. The summed E-state index contributed by atoms with van der Waals surface area (Å²) < 4.78 is 18.5. The number of hydrogen-bond donors (Lipinski definition) is 3. The second-order valence-electron chi connectivity index (χ2n) is 10.0. The van der Waals surface area contributed by atoms with Crippen LogP contribution < -0.4 is 26.5 Å². The van der Waals surface area contributed by atoms with E-state index in [1.165, 1.54) is 10.8 Å². The first-order chi connectivity index (χ1) is 19.3. The minimum atomic E-state index is -1.18. The van der Waals surface area contributed by atoms with Crippen LogP contribution in [0.2, 0.25) is 0 Å². The molecule has 9 nitrogen and oxygen atoms in total. The fourth-order valence-electron chi connectivity index (χ4n) is 5.66. The molecule has 1 aromatic heterocycles. The Morgan fingerprint density at radius 1 is 0.925 bits per heavy atom. The van der Waals surface area contributed by atoms with Gasteiger partial charge in [0, 0.05) is 24.2 Å². The van der Waals surface area contributed by atoms with Crippen LogP contribution in [0.1, 0.15) is 34.9 Å². The van der Waals surface area contributed by atoms with Crippen molar-refractivity contribution in [1.82, 2.24) is 9.55 Å². The molecule has 0 spiro atoms. The maximum atomic E-state index is 12.6. The molecule has 0 radical (unpaired) electrons. The molecule has 0 amide bonds. The van der Waals surface area contributed by atoms with Crippen LogP contribution in [-0.4, -0.2) is 47.1 Å². The third-order valence-electron chi connectivity index (χ3n) is 7.74. The van der Waals surface area contributed by atoms with Crippen molar-refractivity contribution in [3.63, 3.8) is 0 Å². The molecule has 4 N–H and O–H groups in total. The molecule has 4 aromatic rings. The lowest BCUT2D eigenvalue weighted by Gasteiger charge is -2.43. The summed E-state index contributed by atoms with van der Waals surface area (Å²) in [4.78, 5) is 26.9. The number of benzene rings is 3. The largest absolute Gasteiger partial charge is 0.497 e. The Morgan fingerprint density at radius 3 is 1.98 bits per heavy atom. The second kappa shape index (κ2) is 11.1. The van der Waals surface area contributed by atoms with E-state index < -0.39 is 41.1 Å². The van der Waals surface area contributed by atoms with Crippen molar-refractivity contribution in [3.05, 3.63) is 128 Å². The van der Waals surface area contributed by atoms with Crippen LogP contribution in [0.5, 0.6) is 11.5 Å². The molecule has 0 bridgehead atoms. The number of ether oxygens (including phenoxy) is 3. The van der Waals surface area contributed by atoms with Crippen LogP contribution in [0, 0.1) is 6.92 Å². The van der Waals surface area contributed by atoms with E-state index in [1.54, 1.807) is 21.1 Å². The van der Waals surface area contributed by atoms with Gasteiger partial charge in [-0.25, -0.2) is 4.79 Å². The lowest BCUT2D eigenvalue weighted by Crippen LogP contribution is -2.53. The van der Waals surface area contributed by atoms with Gasteiger partial charge in [-0.05, 0) is 47.9 Å². The first-order valence-corrected chi connectivity index (χ1v) is 13.0. The molecule has 1 fully saturated rings. The molecule has 3 aromatic carbocycles. The number of aliphatic hydroxyl groups excluding tert-OH is 1. The number of aliphatic hydroxyl groups is 1. The third-order valence-corrected chi connectivity index (χ3v) is 7.74. The molecule has 1 aliphatic rings. The van der Waals surface area contributed by atoms with Crippen molar-refractivity contribution in [2.24, 2.45) is 5.73 Å². The zero-order valence-corrected chi connectivity index (χ0v) is 22.6. The SMILES string of the molecule is COc1ccc(C(c2ccccc2)(c2ccc(OC)cc2)C(O)[C@H]2O[C@@H](n3cc(C)c(=O)[nH]c3=O)C[C@@H]2N)cc1. The Bertz CT molecular complexity index is 1520. The van der Waals surface area contributed by atoms with Crippen LogP contribution in [0.15, 0.2) is 94.6 Å². The summed E-state index contributed by atoms with van der Waals surface area (Å²) in [5.74, 6) is 1.35. The highest BCUT2D eigenvalue weighted by Crippen LogP contribution is 2.47. The Morgan fingerprint density at radius 2 is 1.45 bits per heavy atom. The highest BCUT2D eigenvalue weighted by atomic mass is 16.5. The highest BCUT2D eigenvalue weighted by molar-refractivity contribution is 5.54. The van der Waals surface area contributed by atoms with E-state index in [9.17, 15) is 14.7 Å². The van der Waals surface area contributed by atoms with Gasteiger partial charge in [0.1, 0.15) is 23.8 Å². The number of methoxy groups -OCH3 is 2. The van der Waals surface area contributed by atoms with E-state index in [0.29, 0.717) is 17.1 Å². The number of nitrogens with two attached hydrogens (primary N) is 1. The van der Waals surface area contributed by atoms with Gasteiger partial charge in [-0.15, -0.1) is 0 Å². The minimum absolute atomic E-state index is 0.267. The van der Waals surface area contributed by atoms with Gasteiger partial charge in [-0.2, -0.15) is 0 Å². The molecule has 5 rings (SSSR count). The Labute approximate surface area is 231 Å². The lowest BCUT2D eigenvalue weighted by atomic mass is 9.64. The Balaban J connectivity index is 1.68. The van der Waals surface area contributed by atoms with E-state index >= 15 is 0 Å². The van der Waals surface area contributed by atoms with Crippen molar-refractivity contribution in [2.45, 2.75) is 43.2 Å². The number of rotatable bonds is 8. The standard InChI is InChI=1S/C31H33N3O6/c1-19-18-34(30(37)33-29(19)36)26-17-25(32)27(40-26)28(35)31(20-7-5-4-6-8-20,21-9-13-23(38-2)14-10-21)22-11-15-24(39-3)16-12-22/h4-16,18,25-28,35H,17,32H2,1-3H3,(H,33,36,37)/t25-,26+,27-,28?/m0/s1. The van der Waals surface area contributed by atoms with Crippen molar-refractivity contribution in [3.8, 4) is 11.5 Å². The Kier molecular flexibility index (Phi) is 7.62. The zero-order valence-electron chi connectivity index (χ0n) is 22.6. The molecule has 0 aliphatic carbocycles. The summed E-state index contributed by atoms with van der Waals surface area (Å²) in [6.07, 6.45) is -1.09. The molecular formula is C31H33N3O6. The lowest BCUT2D eigenvalue weighted by molar-refractivity contribution is -0.0787. The van der Waals surface area contributed by atoms with Crippen LogP contribution in [0.4, 0.5) is 0 Å². The smallest absolute Gasteiger partial charge is 0.330 e. The fourth-order valence-corrected chi connectivity index (χ4v) is 5.66. The number of nitrogens with zero attached hydrogens (tertiary/aromatic N) is 1. The maximum Gasteiger partial charge on any atom is 0.330 e. The van der Waals surface area contributed by atoms with Crippen LogP contribution in [0.3, 0.4) is 0 Å². The van der Waals surface area contributed by atoms with Crippen LogP contribution >= 0.6 is 0 Å². The van der Waals surface area contributed by atoms with Gasteiger partial charge in [-0.1, -0.05) is 54.6 Å².